The van der Waals surface area contributed by atoms with Gasteiger partial charge in [0.15, 0.2) is 5.65 Å². The van der Waals surface area contributed by atoms with E-state index in [2.05, 4.69) is 15.0 Å². The summed E-state index contributed by atoms with van der Waals surface area (Å²) < 4.78 is 0. The lowest BCUT2D eigenvalue weighted by atomic mass is 10.2. The molecule has 4 nitrogen and oxygen atoms in total. The minimum Gasteiger partial charge on any atom is -0.506 e. The Balaban J connectivity index is 2.17. The third-order valence-electron chi connectivity index (χ3n) is 2.48. The first-order valence-electron chi connectivity index (χ1n) is 5.03. The van der Waals surface area contributed by atoms with Gasteiger partial charge in [0.1, 0.15) is 11.6 Å². The van der Waals surface area contributed by atoms with Crippen molar-refractivity contribution in [2.24, 2.45) is 0 Å². The molecule has 1 aromatic carbocycles. The maximum absolute atomic E-state index is 9.36. The van der Waals surface area contributed by atoms with Crippen molar-refractivity contribution >= 4 is 22.8 Å². The van der Waals surface area contributed by atoms with E-state index in [0.717, 1.165) is 11.1 Å². The Labute approximate surface area is 102 Å². The van der Waals surface area contributed by atoms with Gasteiger partial charge in [0, 0.05) is 11.8 Å². The van der Waals surface area contributed by atoms with E-state index >= 15 is 0 Å². The molecule has 0 spiro atoms. The number of benzene rings is 1. The van der Waals surface area contributed by atoms with Crippen LogP contribution in [0.15, 0.2) is 36.5 Å². The smallest absolute Gasteiger partial charge is 0.178 e. The van der Waals surface area contributed by atoms with E-state index in [9.17, 15) is 5.11 Å². The highest BCUT2D eigenvalue weighted by Gasteiger charge is 2.07. The van der Waals surface area contributed by atoms with E-state index in [-0.39, 0.29) is 5.75 Å². The number of aromatic nitrogens is 3. The summed E-state index contributed by atoms with van der Waals surface area (Å²) in [6.45, 7) is 0. The molecule has 0 atom stereocenters. The van der Waals surface area contributed by atoms with Gasteiger partial charge >= 0.3 is 0 Å². The first-order chi connectivity index (χ1) is 8.24. The number of imidazole rings is 1. The van der Waals surface area contributed by atoms with Gasteiger partial charge in [-0.1, -0.05) is 11.6 Å². The summed E-state index contributed by atoms with van der Waals surface area (Å²) in [5, 5.41) is 9.66. The van der Waals surface area contributed by atoms with E-state index < -0.39 is 0 Å². The minimum atomic E-state index is 0.0599. The number of hydrogen-bond acceptors (Lipinski definition) is 3. The van der Waals surface area contributed by atoms with Crippen LogP contribution in [0.5, 0.6) is 5.75 Å². The van der Waals surface area contributed by atoms with Crippen LogP contribution < -0.4 is 0 Å². The van der Waals surface area contributed by atoms with Crippen molar-refractivity contribution in [2.45, 2.75) is 0 Å². The van der Waals surface area contributed by atoms with E-state index in [1.807, 2.05) is 12.1 Å². The molecule has 84 valence electrons. The summed E-state index contributed by atoms with van der Waals surface area (Å²) in [6, 6.07) is 8.70. The van der Waals surface area contributed by atoms with E-state index in [1.54, 1.807) is 18.3 Å². The van der Waals surface area contributed by atoms with Crippen molar-refractivity contribution in [1.29, 1.82) is 0 Å². The third kappa shape index (κ3) is 1.72. The Morgan fingerprint density at radius 2 is 2.12 bits per heavy atom. The second-order valence-corrected chi connectivity index (χ2v) is 4.03. The number of phenolic OH excluding ortho intramolecular Hbond substituents is 1. The largest absolute Gasteiger partial charge is 0.506 e. The van der Waals surface area contributed by atoms with Gasteiger partial charge in [0.05, 0.1) is 10.5 Å². The van der Waals surface area contributed by atoms with Gasteiger partial charge in [0.2, 0.25) is 0 Å². The molecule has 0 amide bonds. The molecule has 2 N–H and O–H groups in total. The highest BCUT2D eigenvalue weighted by atomic mass is 35.5. The van der Waals surface area contributed by atoms with Crippen molar-refractivity contribution in [1.82, 2.24) is 15.0 Å². The monoisotopic (exact) mass is 245 g/mol. The van der Waals surface area contributed by atoms with Crippen LogP contribution in [0.2, 0.25) is 5.02 Å². The Morgan fingerprint density at radius 3 is 2.88 bits per heavy atom. The van der Waals surface area contributed by atoms with Gasteiger partial charge in [-0.15, -0.1) is 0 Å². The summed E-state index contributed by atoms with van der Waals surface area (Å²) in [6.07, 6.45) is 1.69. The summed E-state index contributed by atoms with van der Waals surface area (Å²) in [7, 11) is 0. The number of pyridine rings is 1. The number of hydrogen-bond donors (Lipinski definition) is 2. The first-order valence-corrected chi connectivity index (χ1v) is 5.41. The zero-order valence-corrected chi connectivity index (χ0v) is 9.44. The fraction of sp³-hybridized carbons (Fsp3) is 0. The van der Waals surface area contributed by atoms with Gasteiger partial charge in [-0.3, -0.25) is 0 Å². The molecule has 0 radical (unpaired) electrons. The number of rotatable bonds is 1. The zero-order chi connectivity index (χ0) is 11.8. The molecule has 3 rings (SSSR count). The Kier molecular flexibility index (Phi) is 2.23. The lowest BCUT2D eigenvalue weighted by Gasteiger charge is -1.99. The van der Waals surface area contributed by atoms with Crippen molar-refractivity contribution in [3.8, 4) is 17.1 Å². The van der Waals surface area contributed by atoms with Gasteiger partial charge in [-0.05, 0) is 30.3 Å². The number of aromatic amines is 1. The Morgan fingerprint density at radius 1 is 1.24 bits per heavy atom. The minimum absolute atomic E-state index is 0.0599. The normalized spacial score (nSPS) is 10.9. The fourth-order valence-electron chi connectivity index (χ4n) is 1.64. The van der Waals surface area contributed by atoms with Crippen LogP contribution >= 0.6 is 11.6 Å². The molecule has 0 aliphatic carbocycles. The highest BCUT2D eigenvalue weighted by Crippen LogP contribution is 2.28. The van der Waals surface area contributed by atoms with Crippen LogP contribution in [-0.4, -0.2) is 20.1 Å². The highest BCUT2D eigenvalue weighted by molar-refractivity contribution is 6.32. The quantitative estimate of drug-likeness (QED) is 0.693. The molecule has 0 saturated heterocycles. The maximum atomic E-state index is 9.36. The molecule has 5 heteroatoms. The van der Waals surface area contributed by atoms with E-state index in [0.29, 0.717) is 16.5 Å². The number of halogens is 1. The average Bonchev–Trinajstić information content (AvgIpc) is 2.76. The van der Waals surface area contributed by atoms with Crippen LogP contribution in [0.1, 0.15) is 0 Å². The molecule has 0 unspecified atom stereocenters. The summed E-state index contributed by atoms with van der Waals surface area (Å²) in [5.41, 5.74) is 2.34. The summed E-state index contributed by atoms with van der Waals surface area (Å²) >= 11 is 5.86. The predicted molar refractivity (Wildman–Crippen MR) is 66.0 cm³/mol. The molecule has 3 aromatic rings. The number of H-pyrrole nitrogens is 1. The summed E-state index contributed by atoms with van der Waals surface area (Å²) in [5.74, 6) is 0.741. The lowest BCUT2D eigenvalue weighted by Crippen LogP contribution is -1.80. The predicted octanol–water partition coefficient (Wildman–Crippen LogP) is 2.98. The third-order valence-corrected chi connectivity index (χ3v) is 2.78. The Hall–Kier alpha value is -2.07. The molecule has 0 saturated carbocycles. The molecule has 0 bridgehead atoms. The van der Waals surface area contributed by atoms with Crippen molar-refractivity contribution in [3.05, 3.63) is 41.6 Å². The second kappa shape index (κ2) is 3.75. The van der Waals surface area contributed by atoms with E-state index in [1.165, 1.54) is 6.07 Å². The Bertz CT molecular complexity index is 660. The average molecular weight is 246 g/mol. The fourth-order valence-corrected chi connectivity index (χ4v) is 1.82. The summed E-state index contributed by atoms with van der Waals surface area (Å²) in [4.78, 5) is 11.6. The van der Waals surface area contributed by atoms with Gasteiger partial charge in [-0.25, -0.2) is 9.97 Å². The van der Waals surface area contributed by atoms with Crippen LogP contribution in [-0.2, 0) is 0 Å². The molecule has 0 aliphatic rings. The van der Waals surface area contributed by atoms with Crippen molar-refractivity contribution < 1.29 is 5.11 Å². The number of phenols is 1. The van der Waals surface area contributed by atoms with Gasteiger partial charge in [-0.2, -0.15) is 0 Å². The molecular formula is C12H8ClN3O. The second-order valence-electron chi connectivity index (χ2n) is 3.63. The molecule has 2 heterocycles. The number of fused-ring (bicyclic) bond motifs is 1. The standard InChI is InChI=1S/C12H8ClN3O/c13-8-6-7(3-4-10(8)17)11-15-9-2-1-5-14-12(9)16-11/h1-6,17H,(H,14,15,16). The van der Waals surface area contributed by atoms with Crippen molar-refractivity contribution in [2.75, 3.05) is 0 Å². The number of nitrogens with zero attached hydrogens (tertiary/aromatic N) is 2. The maximum Gasteiger partial charge on any atom is 0.178 e. The molecular weight excluding hydrogens is 238 g/mol. The van der Waals surface area contributed by atoms with Crippen LogP contribution in [0.4, 0.5) is 0 Å². The van der Waals surface area contributed by atoms with Crippen LogP contribution in [0.25, 0.3) is 22.6 Å². The molecule has 0 aliphatic heterocycles. The molecule has 0 fully saturated rings. The van der Waals surface area contributed by atoms with E-state index in [4.69, 9.17) is 11.6 Å². The molecule has 2 aromatic heterocycles. The topological polar surface area (TPSA) is 61.8 Å². The lowest BCUT2D eigenvalue weighted by molar-refractivity contribution is 0.475. The van der Waals surface area contributed by atoms with Gasteiger partial charge < -0.3 is 10.1 Å². The SMILES string of the molecule is Oc1ccc(-c2nc3ncccc3[nH]2)cc1Cl. The first kappa shape index (κ1) is 10.1. The van der Waals surface area contributed by atoms with Crippen LogP contribution in [0, 0.1) is 0 Å². The number of aromatic hydroxyl groups is 1. The molecule has 17 heavy (non-hydrogen) atoms. The van der Waals surface area contributed by atoms with Crippen molar-refractivity contribution in [3.63, 3.8) is 0 Å². The van der Waals surface area contributed by atoms with Gasteiger partial charge in [0.25, 0.3) is 0 Å². The zero-order valence-electron chi connectivity index (χ0n) is 8.68. The van der Waals surface area contributed by atoms with Crippen LogP contribution in [0.3, 0.4) is 0 Å². The number of nitrogens with one attached hydrogen (secondary N) is 1.